The Bertz CT molecular complexity index is 522. The van der Waals surface area contributed by atoms with Crippen LogP contribution in [-0.4, -0.2) is 34.4 Å². The lowest BCUT2D eigenvalue weighted by Gasteiger charge is -2.13. The van der Waals surface area contributed by atoms with Crippen LogP contribution >= 0.6 is 24.8 Å². The third kappa shape index (κ3) is 2.28. The van der Waals surface area contributed by atoms with Crippen molar-refractivity contribution in [2.45, 2.75) is 11.8 Å². The van der Waals surface area contributed by atoms with Gasteiger partial charge in [-0.15, -0.1) is 12.6 Å². The van der Waals surface area contributed by atoms with Crippen LogP contribution in [0.3, 0.4) is 0 Å². The molecular weight excluding hydrogens is 264 g/mol. The maximum absolute atomic E-state index is 12.1. The summed E-state index contributed by atoms with van der Waals surface area (Å²) in [6.45, 7) is 2.51. The maximum atomic E-state index is 12.1. The summed E-state index contributed by atoms with van der Waals surface area (Å²) in [5.41, 5.74) is 1.57. The third-order valence-corrected chi connectivity index (χ3v) is 3.65. The molecule has 3 nitrogen and oxygen atoms in total. The molecule has 0 aliphatic carbocycles. The second-order valence-electron chi connectivity index (χ2n) is 4.01. The van der Waals surface area contributed by atoms with Gasteiger partial charge in [0.15, 0.2) is 5.11 Å². The van der Waals surface area contributed by atoms with Crippen LogP contribution in [0.4, 0.5) is 0 Å². The summed E-state index contributed by atoms with van der Waals surface area (Å²) in [5, 5.41) is 0.555. The zero-order valence-corrected chi connectivity index (χ0v) is 12.0. The quantitative estimate of drug-likeness (QED) is 0.510. The molecule has 0 aromatic heterocycles. The van der Waals surface area contributed by atoms with Crippen molar-refractivity contribution in [3.8, 4) is 0 Å². The van der Waals surface area contributed by atoms with E-state index in [1.54, 1.807) is 9.80 Å². The summed E-state index contributed by atoms with van der Waals surface area (Å²) in [7, 11) is 1.81. The standard InChI is InChI=1S/C13H14N2OS2/c1-3-15-12(16)11(14(2)13(15)18)8-9-4-6-10(17)7-5-9/h4-8,17H,3H2,1-2H3/b11-8+. The Labute approximate surface area is 117 Å². The second-order valence-corrected chi connectivity index (χ2v) is 4.89. The minimum absolute atomic E-state index is 0.0417. The van der Waals surface area contributed by atoms with Gasteiger partial charge in [0.1, 0.15) is 5.70 Å². The number of hydrogen-bond donors (Lipinski definition) is 1. The SMILES string of the molecule is CCN1C(=O)/C(=C\c2ccc(S)cc2)N(C)C1=S. The molecule has 1 amide bonds. The summed E-state index contributed by atoms with van der Waals surface area (Å²) < 4.78 is 0. The number of nitrogens with zero attached hydrogens (tertiary/aromatic N) is 2. The van der Waals surface area contributed by atoms with E-state index >= 15 is 0 Å². The first-order valence-corrected chi connectivity index (χ1v) is 6.50. The summed E-state index contributed by atoms with van der Waals surface area (Å²) >= 11 is 9.46. The molecule has 2 rings (SSSR count). The zero-order valence-electron chi connectivity index (χ0n) is 10.3. The molecule has 1 aliphatic rings. The largest absolute Gasteiger partial charge is 0.317 e. The van der Waals surface area contributed by atoms with E-state index in [-0.39, 0.29) is 5.91 Å². The highest BCUT2D eigenvalue weighted by Crippen LogP contribution is 2.22. The molecule has 0 atom stereocenters. The Morgan fingerprint density at radius 1 is 1.33 bits per heavy atom. The molecular formula is C13H14N2OS2. The van der Waals surface area contributed by atoms with Crippen LogP contribution in [0.25, 0.3) is 6.08 Å². The van der Waals surface area contributed by atoms with Gasteiger partial charge < -0.3 is 4.90 Å². The number of carbonyl (C=O) groups is 1. The van der Waals surface area contributed by atoms with Crippen molar-refractivity contribution < 1.29 is 4.79 Å². The molecule has 5 heteroatoms. The average molecular weight is 278 g/mol. The van der Waals surface area contributed by atoms with Gasteiger partial charge >= 0.3 is 0 Å². The van der Waals surface area contributed by atoms with Gasteiger partial charge in [0.25, 0.3) is 5.91 Å². The van der Waals surface area contributed by atoms with Crippen LogP contribution in [0.1, 0.15) is 12.5 Å². The third-order valence-electron chi connectivity index (χ3n) is 2.86. The fourth-order valence-corrected chi connectivity index (χ4v) is 2.28. The number of thiocarbonyl (C=S) groups is 1. The number of amides is 1. The highest BCUT2D eigenvalue weighted by atomic mass is 32.1. The molecule has 18 heavy (non-hydrogen) atoms. The predicted molar refractivity (Wildman–Crippen MR) is 79.4 cm³/mol. The lowest BCUT2D eigenvalue weighted by molar-refractivity contribution is -0.122. The Balaban J connectivity index is 2.36. The minimum Gasteiger partial charge on any atom is -0.317 e. The van der Waals surface area contributed by atoms with Gasteiger partial charge in [0.05, 0.1) is 0 Å². The van der Waals surface area contributed by atoms with Crippen LogP contribution in [0, 0.1) is 0 Å². The van der Waals surface area contributed by atoms with Gasteiger partial charge in [-0.25, -0.2) is 0 Å². The lowest BCUT2D eigenvalue weighted by atomic mass is 10.2. The van der Waals surface area contributed by atoms with Gasteiger partial charge in [-0.05, 0) is 42.9 Å². The summed E-state index contributed by atoms with van der Waals surface area (Å²) in [5.74, 6) is -0.0417. The van der Waals surface area contributed by atoms with Crippen LogP contribution in [0.2, 0.25) is 0 Å². The number of likely N-dealkylation sites (N-methyl/N-ethyl adjacent to an activating group) is 2. The molecule has 0 bridgehead atoms. The van der Waals surface area contributed by atoms with Gasteiger partial charge in [0.2, 0.25) is 0 Å². The molecule has 0 saturated carbocycles. The molecule has 1 fully saturated rings. The fraction of sp³-hybridized carbons (Fsp3) is 0.231. The summed E-state index contributed by atoms with van der Waals surface area (Å²) in [4.78, 5) is 16.4. The van der Waals surface area contributed by atoms with Crippen molar-refractivity contribution in [1.29, 1.82) is 0 Å². The highest BCUT2D eigenvalue weighted by Gasteiger charge is 2.34. The molecule has 0 unspecified atom stereocenters. The van der Waals surface area contributed by atoms with Crippen molar-refractivity contribution in [2.75, 3.05) is 13.6 Å². The van der Waals surface area contributed by atoms with Crippen LogP contribution in [-0.2, 0) is 4.79 Å². The van der Waals surface area contributed by atoms with E-state index in [1.807, 2.05) is 44.3 Å². The fourth-order valence-electron chi connectivity index (χ4n) is 1.82. The lowest BCUT2D eigenvalue weighted by Crippen LogP contribution is -2.30. The molecule has 1 aromatic carbocycles. The molecule has 0 N–H and O–H groups in total. The van der Waals surface area contributed by atoms with Gasteiger partial charge in [-0.3, -0.25) is 9.69 Å². The molecule has 0 spiro atoms. The van der Waals surface area contributed by atoms with Crippen molar-refractivity contribution >= 4 is 41.9 Å². The van der Waals surface area contributed by atoms with Crippen molar-refractivity contribution in [3.63, 3.8) is 0 Å². The smallest absolute Gasteiger partial charge is 0.276 e. The number of carbonyl (C=O) groups excluding carboxylic acids is 1. The monoisotopic (exact) mass is 278 g/mol. The Morgan fingerprint density at radius 2 is 1.94 bits per heavy atom. The minimum atomic E-state index is -0.0417. The van der Waals surface area contributed by atoms with Crippen LogP contribution in [0.5, 0.6) is 0 Å². The van der Waals surface area contributed by atoms with E-state index in [4.69, 9.17) is 12.2 Å². The van der Waals surface area contributed by atoms with Gasteiger partial charge in [-0.1, -0.05) is 12.1 Å². The Morgan fingerprint density at radius 3 is 2.44 bits per heavy atom. The first-order valence-electron chi connectivity index (χ1n) is 5.65. The van der Waals surface area contributed by atoms with Crippen molar-refractivity contribution in [1.82, 2.24) is 9.80 Å². The average Bonchev–Trinajstić information content (AvgIpc) is 2.56. The number of thiol groups is 1. The van der Waals surface area contributed by atoms with E-state index in [1.165, 1.54) is 0 Å². The number of rotatable bonds is 2. The Kier molecular flexibility index (Phi) is 3.73. The van der Waals surface area contributed by atoms with E-state index in [0.717, 1.165) is 10.5 Å². The van der Waals surface area contributed by atoms with Crippen LogP contribution in [0.15, 0.2) is 34.9 Å². The van der Waals surface area contributed by atoms with Gasteiger partial charge in [-0.2, -0.15) is 0 Å². The number of benzene rings is 1. The summed E-state index contributed by atoms with van der Waals surface area (Å²) in [6, 6.07) is 7.64. The summed E-state index contributed by atoms with van der Waals surface area (Å²) in [6.07, 6.45) is 1.84. The molecule has 1 saturated heterocycles. The highest BCUT2D eigenvalue weighted by molar-refractivity contribution is 7.80. The normalized spacial score (nSPS) is 18.1. The molecule has 1 heterocycles. The molecule has 1 aliphatic heterocycles. The van der Waals surface area contributed by atoms with E-state index in [2.05, 4.69) is 12.6 Å². The van der Waals surface area contributed by atoms with Gasteiger partial charge in [0, 0.05) is 18.5 Å². The van der Waals surface area contributed by atoms with E-state index < -0.39 is 0 Å². The molecule has 94 valence electrons. The molecule has 0 radical (unpaired) electrons. The first kappa shape index (κ1) is 13.1. The Hall–Kier alpha value is -1.33. The van der Waals surface area contributed by atoms with E-state index in [0.29, 0.717) is 17.4 Å². The van der Waals surface area contributed by atoms with Crippen LogP contribution < -0.4 is 0 Å². The van der Waals surface area contributed by atoms with E-state index in [9.17, 15) is 4.79 Å². The van der Waals surface area contributed by atoms with Crippen molar-refractivity contribution in [2.24, 2.45) is 0 Å². The zero-order chi connectivity index (χ0) is 13.3. The van der Waals surface area contributed by atoms with Crippen molar-refractivity contribution in [3.05, 3.63) is 35.5 Å². The molecule has 1 aromatic rings. The second kappa shape index (κ2) is 5.12. The number of hydrogen-bond acceptors (Lipinski definition) is 3. The first-order chi connectivity index (χ1) is 8.54. The predicted octanol–water partition coefficient (Wildman–Crippen LogP) is 2.40. The maximum Gasteiger partial charge on any atom is 0.276 e. The topological polar surface area (TPSA) is 23.6 Å².